The fourth-order valence-electron chi connectivity index (χ4n) is 0.799. The fourth-order valence-corrected chi connectivity index (χ4v) is 0.799. The number of aliphatic carboxylic acids is 1. The Morgan fingerprint density at radius 2 is 2.56 bits per heavy atom. The van der Waals surface area contributed by atoms with E-state index in [0.717, 1.165) is 13.0 Å². The van der Waals surface area contributed by atoms with Gasteiger partial charge in [0.1, 0.15) is 0 Å². The summed E-state index contributed by atoms with van der Waals surface area (Å²) in [5, 5.41) is 13.1. The molecule has 0 bridgehead atoms. The highest BCUT2D eigenvalue weighted by Gasteiger charge is 2.01. The van der Waals surface area contributed by atoms with Gasteiger partial charge in [0.05, 0.1) is 5.97 Å². The van der Waals surface area contributed by atoms with Gasteiger partial charge in [0.15, 0.2) is 0 Å². The molecule has 1 N–H and O–H groups in total. The zero-order chi connectivity index (χ0) is 6.69. The number of carbonyl (C=O) groups excluding carboxylic acids is 1. The fraction of sp³-hybridized carbons (Fsp3) is 0.500. The van der Waals surface area contributed by atoms with E-state index in [1.165, 1.54) is 0 Å². The Kier molecular flexibility index (Phi) is 1.85. The van der Waals surface area contributed by atoms with Crippen molar-refractivity contribution in [3.63, 3.8) is 0 Å². The number of carbonyl (C=O) groups is 1. The highest BCUT2D eigenvalue weighted by molar-refractivity contribution is 5.85. The number of rotatable bonds is 1. The highest BCUT2D eigenvalue weighted by atomic mass is 16.4. The first-order valence-corrected chi connectivity index (χ1v) is 2.92. The van der Waals surface area contributed by atoms with E-state index in [0.29, 0.717) is 12.1 Å². The van der Waals surface area contributed by atoms with Gasteiger partial charge in [-0.3, -0.25) is 0 Å². The molecule has 0 saturated carbocycles. The van der Waals surface area contributed by atoms with E-state index in [4.69, 9.17) is 0 Å². The average Bonchev–Trinajstić information content (AvgIpc) is 1.90. The molecule has 0 unspecified atom stereocenters. The summed E-state index contributed by atoms with van der Waals surface area (Å²) in [5.41, 5.74) is 0.376. The normalized spacial score (nSPS) is 18.9. The lowest BCUT2D eigenvalue weighted by Crippen LogP contribution is -2.33. The molecule has 0 aliphatic carbocycles. The van der Waals surface area contributed by atoms with E-state index in [2.05, 4.69) is 5.32 Å². The van der Waals surface area contributed by atoms with Crippen LogP contribution >= 0.6 is 0 Å². The van der Waals surface area contributed by atoms with E-state index < -0.39 is 5.97 Å². The molecule has 0 amide bonds. The van der Waals surface area contributed by atoms with Crippen molar-refractivity contribution in [2.24, 2.45) is 0 Å². The van der Waals surface area contributed by atoms with Gasteiger partial charge in [-0.05, 0) is 18.5 Å². The molecule has 0 aromatic carbocycles. The largest absolute Gasteiger partial charge is 0.545 e. The molecular weight excluding hydrogens is 118 g/mol. The molecule has 1 aliphatic heterocycles. The summed E-state index contributed by atoms with van der Waals surface area (Å²) in [5.74, 6) is -1.05. The molecule has 0 aromatic heterocycles. The third-order valence-electron chi connectivity index (χ3n) is 1.29. The van der Waals surface area contributed by atoms with Crippen LogP contribution in [0.25, 0.3) is 0 Å². The topological polar surface area (TPSA) is 52.2 Å². The van der Waals surface area contributed by atoms with Crippen LogP contribution in [-0.2, 0) is 4.79 Å². The molecular formula is C6H8NO2-. The molecule has 0 atom stereocenters. The summed E-state index contributed by atoms with van der Waals surface area (Å²) in [6.45, 7) is 1.32. The van der Waals surface area contributed by atoms with Crippen molar-refractivity contribution in [3.05, 3.63) is 11.6 Å². The predicted molar refractivity (Wildman–Crippen MR) is 30.6 cm³/mol. The van der Waals surface area contributed by atoms with Gasteiger partial charge in [-0.15, -0.1) is 0 Å². The molecule has 50 valence electrons. The zero-order valence-electron chi connectivity index (χ0n) is 5.02. The molecule has 1 rings (SSSR count). The van der Waals surface area contributed by atoms with Gasteiger partial charge in [-0.25, -0.2) is 0 Å². The van der Waals surface area contributed by atoms with Crippen molar-refractivity contribution in [3.8, 4) is 0 Å². The molecule has 0 aromatic rings. The van der Waals surface area contributed by atoms with Crippen LogP contribution in [-0.4, -0.2) is 19.1 Å². The number of hydrogen-bond donors (Lipinski definition) is 1. The summed E-state index contributed by atoms with van der Waals surface area (Å²) in [7, 11) is 0. The quantitative estimate of drug-likeness (QED) is 0.473. The second-order valence-electron chi connectivity index (χ2n) is 1.98. The Morgan fingerprint density at radius 1 is 1.78 bits per heavy atom. The Labute approximate surface area is 53.4 Å². The maximum atomic E-state index is 10.1. The summed E-state index contributed by atoms with van der Waals surface area (Å²) >= 11 is 0. The third kappa shape index (κ3) is 1.54. The lowest BCUT2D eigenvalue weighted by atomic mass is 10.1. The first-order chi connectivity index (χ1) is 4.30. The Balaban J connectivity index is 2.57. The molecule has 9 heavy (non-hydrogen) atoms. The van der Waals surface area contributed by atoms with Crippen molar-refractivity contribution >= 4 is 5.97 Å². The SMILES string of the molecule is O=C([O-])C1=CCCNC1. The minimum Gasteiger partial charge on any atom is -0.545 e. The van der Waals surface area contributed by atoms with Gasteiger partial charge in [0.2, 0.25) is 0 Å². The van der Waals surface area contributed by atoms with Crippen LogP contribution in [0.15, 0.2) is 11.6 Å². The van der Waals surface area contributed by atoms with Gasteiger partial charge in [-0.1, -0.05) is 6.08 Å². The molecule has 1 heterocycles. The van der Waals surface area contributed by atoms with Gasteiger partial charge in [0.25, 0.3) is 0 Å². The van der Waals surface area contributed by atoms with E-state index >= 15 is 0 Å². The van der Waals surface area contributed by atoms with Crippen LogP contribution in [0.3, 0.4) is 0 Å². The van der Waals surface area contributed by atoms with Crippen molar-refractivity contribution in [2.45, 2.75) is 6.42 Å². The summed E-state index contributed by atoms with van der Waals surface area (Å²) in [6, 6.07) is 0. The second-order valence-corrected chi connectivity index (χ2v) is 1.98. The first-order valence-electron chi connectivity index (χ1n) is 2.92. The van der Waals surface area contributed by atoms with Gasteiger partial charge in [-0.2, -0.15) is 0 Å². The predicted octanol–water partition coefficient (Wildman–Crippen LogP) is -1.34. The Morgan fingerprint density at radius 3 is 2.89 bits per heavy atom. The van der Waals surface area contributed by atoms with Crippen LogP contribution in [0.1, 0.15) is 6.42 Å². The van der Waals surface area contributed by atoms with Gasteiger partial charge in [0, 0.05) is 6.54 Å². The molecule has 3 nitrogen and oxygen atoms in total. The maximum absolute atomic E-state index is 10.1. The van der Waals surface area contributed by atoms with Crippen molar-refractivity contribution in [2.75, 3.05) is 13.1 Å². The van der Waals surface area contributed by atoms with Gasteiger partial charge >= 0.3 is 0 Å². The average molecular weight is 126 g/mol. The lowest BCUT2D eigenvalue weighted by molar-refractivity contribution is -0.299. The standard InChI is InChI=1S/C6H9NO2/c8-6(9)5-2-1-3-7-4-5/h2,7H,1,3-4H2,(H,8,9)/p-1. The van der Waals surface area contributed by atoms with Crippen LogP contribution in [0.2, 0.25) is 0 Å². The Bertz CT molecular complexity index is 151. The lowest BCUT2D eigenvalue weighted by Gasteiger charge is -2.13. The molecule has 0 radical (unpaired) electrons. The minimum atomic E-state index is -1.05. The summed E-state index contributed by atoms with van der Waals surface area (Å²) in [6.07, 6.45) is 2.50. The summed E-state index contributed by atoms with van der Waals surface area (Å²) in [4.78, 5) is 10.1. The minimum absolute atomic E-state index is 0.376. The number of carboxylic acids is 1. The number of carboxylic acid groups (broad SMARTS) is 1. The monoisotopic (exact) mass is 126 g/mol. The molecule has 0 spiro atoms. The van der Waals surface area contributed by atoms with Crippen LogP contribution < -0.4 is 10.4 Å². The second kappa shape index (κ2) is 2.64. The van der Waals surface area contributed by atoms with Crippen LogP contribution in [0, 0.1) is 0 Å². The van der Waals surface area contributed by atoms with Gasteiger partial charge < -0.3 is 15.2 Å². The van der Waals surface area contributed by atoms with Crippen LogP contribution in [0.4, 0.5) is 0 Å². The molecule has 0 fully saturated rings. The summed E-state index contributed by atoms with van der Waals surface area (Å²) < 4.78 is 0. The third-order valence-corrected chi connectivity index (χ3v) is 1.29. The van der Waals surface area contributed by atoms with Crippen LogP contribution in [0.5, 0.6) is 0 Å². The smallest absolute Gasteiger partial charge is 0.0684 e. The molecule has 0 saturated heterocycles. The van der Waals surface area contributed by atoms with E-state index in [1.54, 1.807) is 6.08 Å². The number of nitrogens with one attached hydrogen (secondary N) is 1. The van der Waals surface area contributed by atoms with Crippen molar-refractivity contribution in [1.82, 2.24) is 5.32 Å². The van der Waals surface area contributed by atoms with Crippen molar-refractivity contribution in [1.29, 1.82) is 0 Å². The molecule has 1 aliphatic rings. The Hall–Kier alpha value is -0.830. The first kappa shape index (κ1) is 6.29. The maximum Gasteiger partial charge on any atom is 0.0684 e. The van der Waals surface area contributed by atoms with E-state index in [1.807, 2.05) is 0 Å². The highest BCUT2D eigenvalue weighted by Crippen LogP contribution is 1.97. The molecule has 3 heteroatoms. The zero-order valence-corrected chi connectivity index (χ0v) is 5.02. The number of hydrogen-bond acceptors (Lipinski definition) is 3. The van der Waals surface area contributed by atoms with E-state index in [9.17, 15) is 9.90 Å². The van der Waals surface area contributed by atoms with E-state index in [-0.39, 0.29) is 0 Å². The van der Waals surface area contributed by atoms with Crippen molar-refractivity contribution < 1.29 is 9.90 Å².